The average Bonchev–Trinajstić information content (AvgIpc) is 2.33. The zero-order valence-electron chi connectivity index (χ0n) is 12.2. The van der Waals surface area contributed by atoms with Crippen LogP contribution in [0.5, 0.6) is 0 Å². The highest BCUT2D eigenvalue weighted by Crippen LogP contribution is 2.26. The predicted octanol–water partition coefficient (Wildman–Crippen LogP) is 2.51. The van der Waals surface area contributed by atoms with E-state index in [-0.39, 0.29) is 6.04 Å². The van der Waals surface area contributed by atoms with Crippen LogP contribution in [-0.4, -0.2) is 33.5 Å². The monoisotopic (exact) mass is 380 g/mol. The molecule has 7 heteroatoms. The molecule has 0 amide bonds. The van der Waals surface area contributed by atoms with Crippen molar-refractivity contribution in [3.8, 4) is 0 Å². The van der Waals surface area contributed by atoms with Crippen molar-refractivity contribution in [3.63, 3.8) is 0 Å². The van der Waals surface area contributed by atoms with Gasteiger partial charge in [-0.3, -0.25) is 0 Å². The Balaban J connectivity index is 3.16. The number of thioether (sulfide) groups is 1. The SMILES string of the molecule is CNCc1cc(Br)c(C)c(S(=O)(=O)NC(C)CSC)c1. The fourth-order valence-electron chi connectivity index (χ4n) is 1.90. The van der Waals surface area contributed by atoms with Crippen LogP contribution < -0.4 is 10.0 Å². The van der Waals surface area contributed by atoms with Crippen molar-refractivity contribution < 1.29 is 8.42 Å². The molecule has 0 spiro atoms. The summed E-state index contributed by atoms with van der Waals surface area (Å²) in [5.74, 6) is 0.746. The lowest BCUT2D eigenvalue weighted by atomic mass is 10.1. The van der Waals surface area contributed by atoms with Gasteiger partial charge < -0.3 is 5.32 Å². The van der Waals surface area contributed by atoms with Gasteiger partial charge in [-0.15, -0.1) is 0 Å². The standard InChI is InChI=1S/C13H21BrN2O2S2/c1-9(8-19-4)16-20(17,18)13-6-11(7-15-3)5-12(14)10(13)2/h5-6,9,15-16H,7-8H2,1-4H3. The van der Waals surface area contributed by atoms with Crippen molar-refractivity contribution in [2.24, 2.45) is 0 Å². The second kappa shape index (κ2) is 7.79. The Labute approximate surface area is 134 Å². The quantitative estimate of drug-likeness (QED) is 0.762. The minimum Gasteiger partial charge on any atom is -0.316 e. The van der Waals surface area contributed by atoms with Crippen LogP contribution in [0.1, 0.15) is 18.1 Å². The largest absolute Gasteiger partial charge is 0.316 e. The molecule has 0 aliphatic carbocycles. The summed E-state index contributed by atoms with van der Waals surface area (Å²) in [6, 6.07) is 3.57. The Bertz CT molecular complexity index is 562. The molecule has 0 aliphatic rings. The van der Waals surface area contributed by atoms with Gasteiger partial charge in [0, 0.05) is 22.8 Å². The number of benzene rings is 1. The molecule has 1 rings (SSSR count). The molecule has 0 aromatic heterocycles. The summed E-state index contributed by atoms with van der Waals surface area (Å²) in [5, 5.41) is 3.03. The predicted molar refractivity (Wildman–Crippen MR) is 89.8 cm³/mol. The molecule has 0 radical (unpaired) electrons. The van der Waals surface area contributed by atoms with Crippen LogP contribution in [0.2, 0.25) is 0 Å². The van der Waals surface area contributed by atoms with Gasteiger partial charge in [-0.25, -0.2) is 13.1 Å². The molecule has 0 heterocycles. The van der Waals surface area contributed by atoms with Gasteiger partial charge in [0.15, 0.2) is 0 Å². The zero-order chi connectivity index (χ0) is 15.3. The summed E-state index contributed by atoms with van der Waals surface area (Å²) < 4.78 is 28.5. The van der Waals surface area contributed by atoms with E-state index in [1.165, 1.54) is 0 Å². The summed E-state index contributed by atoms with van der Waals surface area (Å²) in [5.41, 5.74) is 1.66. The Hall–Kier alpha value is -0.0800. The molecule has 114 valence electrons. The number of sulfonamides is 1. The summed E-state index contributed by atoms with van der Waals surface area (Å²) >= 11 is 5.05. The van der Waals surface area contributed by atoms with Gasteiger partial charge in [0.05, 0.1) is 4.90 Å². The molecule has 0 bridgehead atoms. The van der Waals surface area contributed by atoms with Gasteiger partial charge in [-0.1, -0.05) is 15.9 Å². The van der Waals surface area contributed by atoms with Gasteiger partial charge in [0.1, 0.15) is 0 Å². The third-order valence-corrected chi connectivity index (χ3v) is 6.17. The van der Waals surface area contributed by atoms with Gasteiger partial charge in [0.25, 0.3) is 0 Å². The van der Waals surface area contributed by atoms with Crippen LogP contribution >= 0.6 is 27.7 Å². The molecule has 20 heavy (non-hydrogen) atoms. The Morgan fingerprint density at radius 2 is 2.05 bits per heavy atom. The lowest BCUT2D eigenvalue weighted by Crippen LogP contribution is -2.34. The summed E-state index contributed by atoms with van der Waals surface area (Å²) in [6.07, 6.45) is 1.96. The summed E-state index contributed by atoms with van der Waals surface area (Å²) in [6.45, 7) is 4.30. The molecule has 0 saturated carbocycles. The van der Waals surface area contributed by atoms with Crippen molar-refractivity contribution >= 4 is 37.7 Å². The van der Waals surface area contributed by atoms with Crippen LogP contribution in [0.3, 0.4) is 0 Å². The molecule has 0 saturated heterocycles. The molecule has 4 nitrogen and oxygen atoms in total. The van der Waals surface area contributed by atoms with Gasteiger partial charge in [0.2, 0.25) is 10.0 Å². The fraction of sp³-hybridized carbons (Fsp3) is 0.538. The zero-order valence-corrected chi connectivity index (χ0v) is 15.4. The molecule has 0 fully saturated rings. The van der Waals surface area contributed by atoms with E-state index in [9.17, 15) is 8.42 Å². The maximum atomic E-state index is 12.5. The number of rotatable bonds is 7. The van der Waals surface area contributed by atoms with Crippen LogP contribution in [0.15, 0.2) is 21.5 Å². The van der Waals surface area contributed by atoms with Gasteiger partial charge >= 0.3 is 0 Å². The van der Waals surface area contributed by atoms with Crippen LogP contribution in [0, 0.1) is 6.92 Å². The first-order chi connectivity index (χ1) is 9.31. The fourth-order valence-corrected chi connectivity index (χ4v) is 4.79. The maximum Gasteiger partial charge on any atom is 0.241 e. The highest BCUT2D eigenvalue weighted by molar-refractivity contribution is 9.10. The molecule has 1 unspecified atom stereocenters. The average molecular weight is 381 g/mol. The highest BCUT2D eigenvalue weighted by Gasteiger charge is 2.21. The minimum atomic E-state index is -3.50. The highest BCUT2D eigenvalue weighted by atomic mass is 79.9. The van der Waals surface area contributed by atoms with Crippen molar-refractivity contribution in [3.05, 3.63) is 27.7 Å². The lowest BCUT2D eigenvalue weighted by Gasteiger charge is -2.16. The molecule has 2 N–H and O–H groups in total. The van der Waals surface area contributed by atoms with E-state index in [0.29, 0.717) is 11.4 Å². The first-order valence-corrected chi connectivity index (χ1v) is 9.93. The first kappa shape index (κ1) is 18.0. The number of hydrogen-bond donors (Lipinski definition) is 2. The smallest absolute Gasteiger partial charge is 0.241 e. The van der Waals surface area contributed by atoms with E-state index in [2.05, 4.69) is 26.0 Å². The van der Waals surface area contributed by atoms with Crippen LogP contribution in [0.4, 0.5) is 0 Å². The Morgan fingerprint density at radius 3 is 2.60 bits per heavy atom. The Morgan fingerprint density at radius 1 is 1.40 bits per heavy atom. The lowest BCUT2D eigenvalue weighted by molar-refractivity contribution is 0.570. The van der Waals surface area contributed by atoms with E-state index >= 15 is 0 Å². The van der Waals surface area contributed by atoms with Crippen molar-refractivity contribution in [2.45, 2.75) is 31.3 Å². The van der Waals surface area contributed by atoms with Gasteiger partial charge in [-0.05, 0) is 50.4 Å². The second-order valence-corrected chi connectivity index (χ2v) is 8.16. The normalized spacial score (nSPS) is 13.4. The Kier molecular flexibility index (Phi) is 7.00. The molecular formula is C13H21BrN2O2S2. The van der Waals surface area contributed by atoms with E-state index in [1.807, 2.05) is 26.3 Å². The van der Waals surface area contributed by atoms with Crippen molar-refractivity contribution in [1.29, 1.82) is 0 Å². The minimum absolute atomic E-state index is 0.0962. The molecule has 1 atom stereocenters. The van der Waals surface area contributed by atoms with E-state index in [4.69, 9.17) is 0 Å². The molecule has 1 aromatic carbocycles. The van der Waals surface area contributed by atoms with Gasteiger partial charge in [-0.2, -0.15) is 11.8 Å². The maximum absolute atomic E-state index is 12.5. The van der Waals surface area contributed by atoms with E-state index in [1.54, 1.807) is 24.8 Å². The van der Waals surface area contributed by atoms with Crippen molar-refractivity contribution in [2.75, 3.05) is 19.1 Å². The number of halogens is 1. The third-order valence-electron chi connectivity index (χ3n) is 2.80. The molecule has 0 aliphatic heterocycles. The second-order valence-electron chi connectivity index (χ2n) is 4.71. The molecule has 1 aromatic rings. The number of hydrogen-bond acceptors (Lipinski definition) is 4. The third kappa shape index (κ3) is 4.73. The summed E-state index contributed by atoms with van der Waals surface area (Å²) in [4.78, 5) is 0.338. The first-order valence-electron chi connectivity index (χ1n) is 6.26. The van der Waals surface area contributed by atoms with Crippen molar-refractivity contribution in [1.82, 2.24) is 10.0 Å². The van der Waals surface area contributed by atoms with Crippen LogP contribution in [0.25, 0.3) is 0 Å². The van der Waals surface area contributed by atoms with E-state index in [0.717, 1.165) is 21.4 Å². The van der Waals surface area contributed by atoms with E-state index < -0.39 is 10.0 Å². The number of nitrogens with one attached hydrogen (secondary N) is 2. The summed E-state index contributed by atoms with van der Waals surface area (Å²) in [7, 11) is -1.66. The topological polar surface area (TPSA) is 58.2 Å². The van der Waals surface area contributed by atoms with Crippen LogP contribution in [-0.2, 0) is 16.6 Å². The molecular weight excluding hydrogens is 360 g/mol.